The number of nitrogens with zero attached hydrogens (tertiary/aromatic N) is 2. The van der Waals surface area contributed by atoms with E-state index in [1.54, 1.807) is 18.9 Å². The molecule has 0 aliphatic carbocycles. The van der Waals surface area contributed by atoms with Crippen LogP contribution in [0.5, 0.6) is 5.75 Å². The molecule has 0 aliphatic rings. The van der Waals surface area contributed by atoms with Crippen LogP contribution >= 0.6 is 43.6 Å². The highest BCUT2D eigenvalue weighted by molar-refractivity contribution is 9.11. The van der Waals surface area contributed by atoms with Crippen molar-refractivity contribution in [3.05, 3.63) is 51.7 Å². The van der Waals surface area contributed by atoms with Crippen molar-refractivity contribution in [2.75, 3.05) is 13.4 Å². The summed E-state index contributed by atoms with van der Waals surface area (Å²) in [6.45, 7) is 0. The summed E-state index contributed by atoms with van der Waals surface area (Å²) in [6, 6.07) is 12.2. The molecule has 6 heteroatoms. The topological polar surface area (TPSA) is 27.1 Å². The monoisotopic (exact) mass is 466 g/mol. The summed E-state index contributed by atoms with van der Waals surface area (Å²) in [5, 5.41) is 0. The molecular weight excluding hydrogens is 452 g/mol. The van der Waals surface area contributed by atoms with Crippen molar-refractivity contribution in [1.29, 1.82) is 0 Å². The fraction of sp³-hybridized carbons (Fsp3) is 0.167. The third-order valence-corrected chi connectivity index (χ3v) is 6.40. The molecule has 0 saturated carbocycles. The lowest BCUT2D eigenvalue weighted by Crippen LogP contribution is -1.95. The molecule has 3 aromatic rings. The molecular formula is C18H16Br2N2OS. The van der Waals surface area contributed by atoms with Crippen LogP contribution in [0.2, 0.25) is 0 Å². The average Bonchev–Trinajstić information content (AvgIpc) is 2.96. The second kappa shape index (κ2) is 7.33. The molecule has 0 fully saturated rings. The average molecular weight is 468 g/mol. The zero-order valence-electron chi connectivity index (χ0n) is 13.5. The highest BCUT2D eigenvalue weighted by atomic mass is 79.9. The van der Waals surface area contributed by atoms with Gasteiger partial charge >= 0.3 is 0 Å². The number of hydrogen-bond acceptors (Lipinski definition) is 3. The maximum Gasteiger partial charge on any atom is 0.128 e. The molecule has 0 N–H and O–H groups in total. The van der Waals surface area contributed by atoms with Gasteiger partial charge < -0.3 is 9.30 Å². The van der Waals surface area contributed by atoms with E-state index in [0.29, 0.717) is 0 Å². The molecule has 0 bridgehead atoms. The third kappa shape index (κ3) is 3.15. The standard InChI is InChI=1S/C18H16Br2N2OS/c1-22-10-21-16(11-8-13(19)18(24-3)14(20)9-11)17(22)12-6-4-5-7-15(12)23-2/h4-10H,1-3H3. The predicted octanol–water partition coefficient (Wildman–Crippen LogP) is 6.01. The number of aryl methyl sites for hydroxylation is 1. The van der Waals surface area contributed by atoms with E-state index in [4.69, 9.17) is 4.74 Å². The Hall–Kier alpha value is -1.24. The van der Waals surface area contributed by atoms with Gasteiger partial charge in [-0.15, -0.1) is 11.8 Å². The van der Waals surface area contributed by atoms with Crippen LogP contribution in [0.1, 0.15) is 0 Å². The Morgan fingerprint density at radius 3 is 2.42 bits per heavy atom. The molecule has 0 spiro atoms. The Balaban J connectivity index is 2.22. The molecule has 3 nitrogen and oxygen atoms in total. The first-order valence-electron chi connectivity index (χ1n) is 7.25. The molecule has 1 aromatic heterocycles. The van der Waals surface area contributed by atoms with Crippen LogP contribution in [-0.2, 0) is 7.05 Å². The van der Waals surface area contributed by atoms with E-state index < -0.39 is 0 Å². The zero-order valence-corrected chi connectivity index (χ0v) is 17.5. The molecule has 0 amide bonds. The molecule has 0 unspecified atom stereocenters. The maximum absolute atomic E-state index is 5.54. The quantitative estimate of drug-likeness (QED) is 0.439. The zero-order chi connectivity index (χ0) is 17.3. The van der Waals surface area contributed by atoms with E-state index in [-0.39, 0.29) is 0 Å². The third-order valence-electron chi connectivity index (χ3n) is 3.77. The van der Waals surface area contributed by atoms with Crippen molar-refractivity contribution in [2.24, 2.45) is 7.05 Å². The molecule has 1 heterocycles. The Labute approximate surface area is 162 Å². The molecule has 0 aliphatic heterocycles. The van der Waals surface area contributed by atoms with Gasteiger partial charge in [-0.1, -0.05) is 12.1 Å². The Bertz CT molecular complexity index is 869. The number of thioether (sulfide) groups is 1. The number of imidazole rings is 1. The lowest BCUT2D eigenvalue weighted by Gasteiger charge is -2.12. The first-order valence-corrected chi connectivity index (χ1v) is 10.1. The van der Waals surface area contributed by atoms with Crippen molar-refractivity contribution >= 4 is 43.6 Å². The van der Waals surface area contributed by atoms with Gasteiger partial charge in [0.05, 0.1) is 24.8 Å². The fourth-order valence-corrected chi connectivity index (χ4v) is 5.36. The number of hydrogen-bond donors (Lipinski definition) is 0. The van der Waals surface area contributed by atoms with Crippen molar-refractivity contribution in [3.63, 3.8) is 0 Å². The van der Waals surface area contributed by atoms with Crippen molar-refractivity contribution in [2.45, 2.75) is 4.90 Å². The largest absolute Gasteiger partial charge is 0.496 e. The molecule has 3 rings (SSSR count). The van der Waals surface area contributed by atoms with Gasteiger partial charge in [0, 0.05) is 32.0 Å². The van der Waals surface area contributed by atoms with Gasteiger partial charge in [0.25, 0.3) is 0 Å². The van der Waals surface area contributed by atoms with Crippen LogP contribution in [-0.4, -0.2) is 22.9 Å². The minimum absolute atomic E-state index is 0.834. The van der Waals surface area contributed by atoms with Crippen LogP contribution in [0, 0.1) is 0 Å². The summed E-state index contributed by atoms with van der Waals surface area (Å²) in [5.41, 5.74) is 4.03. The van der Waals surface area contributed by atoms with Gasteiger partial charge in [-0.3, -0.25) is 0 Å². The van der Waals surface area contributed by atoms with Crippen LogP contribution in [0.15, 0.2) is 56.6 Å². The second-order valence-corrected chi connectivity index (χ2v) is 7.75. The SMILES string of the molecule is COc1ccccc1-c1c(-c2cc(Br)c(SC)c(Br)c2)ncn1C. The summed E-state index contributed by atoms with van der Waals surface area (Å²) in [6.07, 6.45) is 3.90. The number of benzene rings is 2. The number of aromatic nitrogens is 2. The van der Waals surface area contributed by atoms with Gasteiger partial charge in [-0.25, -0.2) is 4.98 Å². The van der Waals surface area contributed by atoms with E-state index in [9.17, 15) is 0 Å². The lowest BCUT2D eigenvalue weighted by atomic mass is 10.0. The lowest BCUT2D eigenvalue weighted by molar-refractivity contribution is 0.416. The van der Waals surface area contributed by atoms with Gasteiger partial charge in [0.15, 0.2) is 0 Å². The van der Waals surface area contributed by atoms with E-state index in [2.05, 4.69) is 61.3 Å². The van der Waals surface area contributed by atoms with E-state index in [1.807, 2.05) is 36.1 Å². The van der Waals surface area contributed by atoms with Gasteiger partial charge in [0.2, 0.25) is 0 Å². The van der Waals surface area contributed by atoms with E-state index in [0.717, 1.165) is 37.2 Å². The fourth-order valence-electron chi connectivity index (χ4n) is 2.69. The summed E-state index contributed by atoms with van der Waals surface area (Å²) >= 11 is 9.02. The molecule has 0 atom stereocenters. The Morgan fingerprint density at radius 2 is 1.79 bits per heavy atom. The molecule has 124 valence electrons. The van der Waals surface area contributed by atoms with Crippen LogP contribution in [0.4, 0.5) is 0 Å². The van der Waals surface area contributed by atoms with Crippen LogP contribution in [0.3, 0.4) is 0 Å². The maximum atomic E-state index is 5.54. The number of rotatable bonds is 4. The van der Waals surface area contributed by atoms with E-state index >= 15 is 0 Å². The summed E-state index contributed by atoms with van der Waals surface area (Å²) in [4.78, 5) is 5.81. The van der Waals surface area contributed by atoms with Crippen molar-refractivity contribution < 1.29 is 4.74 Å². The summed E-state index contributed by atoms with van der Waals surface area (Å²) < 4.78 is 9.66. The minimum atomic E-state index is 0.834. The summed E-state index contributed by atoms with van der Waals surface area (Å²) in [5.74, 6) is 0.834. The Kier molecular flexibility index (Phi) is 5.37. The minimum Gasteiger partial charge on any atom is -0.496 e. The van der Waals surface area contributed by atoms with Crippen LogP contribution in [0.25, 0.3) is 22.5 Å². The van der Waals surface area contributed by atoms with Gasteiger partial charge in [-0.2, -0.15) is 0 Å². The highest BCUT2D eigenvalue weighted by Gasteiger charge is 2.18. The molecule has 0 saturated heterocycles. The van der Waals surface area contributed by atoms with Crippen molar-refractivity contribution in [3.8, 4) is 28.3 Å². The first kappa shape index (κ1) is 17.6. The molecule has 0 radical (unpaired) electrons. The number of ether oxygens (including phenoxy) is 1. The van der Waals surface area contributed by atoms with Gasteiger partial charge in [0.1, 0.15) is 5.75 Å². The molecule has 2 aromatic carbocycles. The van der Waals surface area contributed by atoms with E-state index in [1.165, 1.54) is 4.90 Å². The van der Waals surface area contributed by atoms with Gasteiger partial charge in [-0.05, 0) is 62.4 Å². The number of methoxy groups -OCH3 is 1. The number of para-hydroxylation sites is 1. The smallest absolute Gasteiger partial charge is 0.128 e. The normalized spacial score (nSPS) is 10.9. The predicted molar refractivity (Wildman–Crippen MR) is 108 cm³/mol. The summed E-state index contributed by atoms with van der Waals surface area (Å²) in [7, 11) is 3.69. The van der Waals surface area contributed by atoms with Crippen molar-refractivity contribution in [1.82, 2.24) is 9.55 Å². The number of halogens is 2. The first-order chi connectivity index (χ1) is 11.6. The Morgan fingerprint density at radius 1 is 1.12 bits per heavy atom. The highest BCUT2D eigenvalue weighted by Crippen LogP contribution is 2.41. The van der Waals surface area contributed by atoms with Crippen LogP contribution < -0.4 is 4.74 Å². The second-order valence-electron chi connectivity index (χ2n) is 5.23. The molecule has 24 heavy (non-hydrogen) atoms.